The zero-order chi connectivity index (χ0) is 17.7. The normalized spacial score (nSPS) is 17.8. The lowest BCUT2D eigenvalue weighted by Crippen LogP contribution is -2.30. The molecule has 9 heteroatoms. The predicted molar refractivity (Wildman–Crippen MR) is 89.5 cm³/mol. The van der Waals surface area contributed by atoms with E-state index in [0.29, 0.717) is 49.7 Å². The van der Waals surface area contributed by atoms with E-state index in [1.807, 2.05) is 0 Å². The van der Waals surface area contributed by atoms with Gasteiger partial charge in [-0.1, -0.05) is 0 Å². The quantitative estimate of drug-likeness (QED) is 0.695. The number of primary sulfonamides is 1. The van der Waals surface area contributed by atoms with E-state index in [-0.39, 0.29) is 17.6 Å². The lowest BCUT2D eigenvalue weighted by atomic mass is 10.1. The molecule has 0 aromatic heterocycles. The summed E-state index contributed by atoms with van der Waals surface area (Å²) < 4.78 is 33.1. The summed E-state index contributed by atoms with van der Waals surface area (Å²) in [7, 11) is -2.02. The van der Waals surface area contributed by atoms with Gasteiger partial charge in [-0.3, -0.25) is 4.79 Å². The van der Waals surface area contributed by atoms with Crippen LogP contribution in [0.15, 0.2) is 18.2 Å². The van der Waals surface area contributed by atoms with Gasteiger partial charge < -0.3 is 20.1 Å². The fourth-order valence-electron chi connectivity index (χ4n) is 2.76. The number of carbonyl (C=O) groups excluding carboxylic acids is 1. The number of ether oxygens (including phenoxy) is 2. The van der Waals surface area contributed by atoms with Crippen molar-refractivity contribution >= 4 is 15.9 Å². The highest BCUT2D eigenvalue weighted by molar-refractivity contribution is 7.89. The van der Waals surface area contributed by atoms with E-state index < -0.39 is 10.0 Å². The SMILES string of the molecule is COc1ccc(C(=O)N2CC[C@H](CS(N)(=O)=O)C2)cc1OCCN. The minimum atomic E-state index is -3.53. The lowest BCUT2D eigenvalue weighted by molar-refractivity contribution is 0.0787. The van der Waals surface area contributed by atoms with Gasteiger partial charge in [0.25, 0.3) is 5.91 Å². The monoisotopic (exact) mass is 357 g/mol. The van der Waals surface area contributed by atoms with E-state index >= 15 is 0 Å². The molecule has 2 rings (SSSR count). The molecule has 1 aromatic carbocycles. The fourth-order valence-corrected chi connectivity index (χ4v) is 3.68. The largest absolute Gasteiger partial charge is 0.493 e. The van der Waals surface area contributed by atoms with Gasteiger partial charge in [0.2, 0.25) is 10.0 Å². The van der Waals surface area contributed by atoms with E-state index in [4.69, 9.17) is 20.3 Å². The summed E-state index contributed by atoms with van der Waals surface area (Å²) in [5, 5.41) is 5.07. The molecule has 1 aromatic rings. The maximum Gasteiger partial charge on any atom is 0.254 e. The number of nitrogens with zero attached hydrogens (tertiary/aromatic N) is 1. The molecule has 1 aliphatic heterocycles. The first-order valence-electron chi connectivity index (χ1n) is 7.64. The van der Waals surface area contributed by atoms with Crippen LogP contribution in [0.5, 0.6) is 11.5 Å². The molecule has 0 radical (unpaired) electrons. The number of nitrogens with two attached hydrogens (primary N) is 2. The zero-order valence-electron chi connectivity index (χ0n) is 13.6. The Morgan fingerprint density at radius 2 is 2.12 bits per heavy atom. The Hall–Kier alpha value is -1.84. The van der Waals surface area contributed by atoms with Gasteiger partial charge in [0.1, 0.15) is 6.61 Å². The van der Waals surface area contributed by atoms with Gasteiger partial charge in [-0.05, 0) is 30.5 Å². The fraction of sp³-hybridized carbons (Fsp3) is 0.533. The van der Waals surface area contributed by atoms with Crippen LogP contribution < -0.4 is 20.3 Å². The van der Waals surface area contributed by atoms with Gasteiger partial charge in [0.05, 0.1) is 12.9 Å². The van der Waals surface area contributed by atoms with Crippen molar-refractivity contribution in [3.05, 3.63) is 23.8 Å². The molecule has 0 spiro atoms. The van der Waals surface area contributed by atoms with Crippen LogP contribution in [0, 0.1) is 5.92 Å². The van der Waals surface area contributed by atoms with Crippen molar-refractivity contribution in [2.24, 2.45) is 16.8 Å². The van der Waals surface area contributed by atoms with E-state index in [1.165, 1.54) is 7.11 Å². The molecule has 0 bridgehead atoms. The van der Waals surface area contributed by atoms with Gasteiger partial charge in [-0.15, -0.1) is 0 Å². The van der Waals surface area contributed by atoms with E-state index in [1.54, 1.807) is 23.1 Å². The predicted octanol–water partition coefficient (Wildman–Crippen LogP) is -0.217. The Morgan fingerprint density at radius 1 is 1.38 bits per heavy atom. The molecular weight excluding hydrogens is 334 g/mol. The van der Waals surface area contributed by atoms with E-state index in [2.05, 4.69) is 0 Å². The Kier molecular flexibility index (Phi) is 6.03. The summed E-state index contributed by atoms with van der Waals surface area (Å²) in [4.78, 5) is 14.2. The molecule has 4 N–H and O–H groups in total. The molecule has 1 heterocycles. The Morgan fingerprint density at radius 3 is 2.75 bits per heavy atom. The van der Waals surface area contributed by atoms with Crippen molar-refractivity contribution < 1.29 is 22.7 Å². The molecule has 0 saturated carbocycles. The molecule has 24 heavy (non-hydrogen) atoms. The Labute approximate surface area is 141 Å². The van der Waals surface area contributed by atoms with Gasteiger partial charge in [0.15, 0.2) is 11.5 Å². The summed E-state index contributed by atoms with van der Waals surface area (Å²) in [6.45, 7) is 1.54. The summed E-state index contributed by atoms with van der Waals surface area (Å²) in [5.74, 6) is 0.564. The highest BCUT2D eigenvalue weighted by atomic mass is 32.2. The van der Waals surface area contributed by atoms with Crippen molar-refractivity contribution in [1.29, 1.82) is 0 Å². The maximum atomic E-state index is 12.6. The number of hydrogen-bond acceptors (Lipinski definition) is 6. The average molecular weight is 357 g/mol. The van der Waals surface area contributed by atoms with Crippen LogP contribution in [0.2, 0.25) is 0 Å². The summed E-state index contributed by atoms with van der Waals surface area (Å²) in [6.07, 6.45) is 0.620. The van der Waals surface area contributed by atoms with Gasteiger partial charge in [-0.25, -0.2) is 13.6 Å². The first-order chi connectivity index (χ1) is 11.3. The van der Waals surface area contributed by atoms with Gasteiger partial charge in [-0.2, -0.15) is 0 Å². The van der Waals surface area contributed by atoms with E-state index in [9.17, 15) is 13.2 Å². The molecule has 1 aliphatic rings. The molecule has 1 amide bonds. The number of likely N-dealkylation sites (tertiary alicyclic amines) is 1. The van der Waals surface area contributed by atoms with Crippen LogP contribution in [0.25, 0.3) is 0 Å². The highest BCUT2D eigenvalue weighted by Crippen LogP contribution is 2.29. The van der Waals surface area contributed by atoms with Crippen LogP contribution in [0.4, 0.5) is 0 Å². The van der Waals surface area contributed by atoms with Crippen LogP contribution in [-0.2, 0) is 10.0 Å². The highest BCUT2D eigenvalue weighted by Gasteiger charge is 2.29. The van der Waals surface area contributed by atoms with Crippen LogP contribution in [0.1, 0.15) is 16.8 Å². The molecule has 1 saturated heterocycles. The first kappa shape index (κ1) is 18.5. The molecule has 0 aliphatic carbocycles. The van der Waals surface area contributed by atoms with Gasteiger partial charge in [0, 0.05) is 25.2 Å². The number of hydrogen-bond donors (Lipinski definition) is 2. The minimum Gasteiger partial charge on any atom is -0.493 e. The first-order valence-corrected chi connectivity index (χ1v) is 9.36. The minimum absolute atomic E-state index is 0.107. The number of methoxy groups -OCH3 is 1. The second-order valence-electron chi connectivity index (χ2n) is 5.74. The summed E-state index contributed by atoms with van der Waals surface area (Å²) in [6, 6.07) is 4.93. The smallest absolute Gasteiger partial charge is 0.254 e. The van der Waals surface area contributed by atoms with Crippen LogP contribution >= 0.6 is 0 Å². The average Bonchev–Trinajstić information content (AvgIpc) is 2.98. The standard InChI is InChI=1S/C15H23N3O5S/c1-22-13-3-2-12(8-14(13)23-7-5-16)15(19)18-6-4-11(9-18)10-24(17,20)21/h2-3,8,11H,4-7,9-10,16H2,1H3,(H2,17,20,21)/t11-/m0/s1. The van der Waals surface area contributed by atoms with Crippen molar-refractivity contribution in [2.75, 3.05) is 39.1 Å². The summed E-state index contributed by atoms with van der Waals surface area (Å²) in [5.41, 5.74) is 5.89. The second kappa shape index (κ2) is 7.82. The summed E-state index contributed by atoms with van der Waals surface area (Å²) >= 11 is 0. The molecule has 8 nitrogen and oxygen atoms in total. The molecule has 0 unspecified atom stereocenters. The Balaban J connectivity index is 2.09. The van der Waals surface area contributed by atoms with Crippen molar-refractivity contribution in [3.63, 3.8) is 0 Å². The number of amides is 1. The van der Waals surface area contributed by atoms with E-state index in [0.717, 1.165) is 0 Å². The van der Waals surface area contributed by atoms with Crippen molar-refractivity contribution in [3.8, 4) is 11.5 Å². The van der Waals surface area contributed by atoms with Crippen molar-refractivity contribution in [1.82, 2.24) is 4.90 Å². The van der Waals surface area contributed by atoms with Crippen molar-refractivity contribution in [2.45, 2.75) is 6.42 Å². The maximum absolute atomic E-state index is 12.6. The topological polar surface area (TPSA) is 125 Å². The third-order valence-electron chi connectivity index (χ3n) is 3.83. The van der Waals surface area contributed by atoms with Gasteiger partial charge >= 0.3 is 0 Å². The Bertz CT molecular complexity index is 692. The third-order valence-corrected chi connectivity index (χ3v) is 4.76. The number of benzene rings is 1. The molecular formula is C15H23N3O5S. The second-order valence-corrected chi connectivity index (χ2v) is 7.40. The zero-order valence-corrected chi connectivity index (χ0v) is 14.4. The molecule has 1 fully saturated rings. The third kappa shape index (κ3) is 4.83. The molecule has 1 atom stereocenters. The van der Waals surface area contributed by atoms with Crippen LogP contribution in [-0.4, -0.2) is 58.3 Å². The number of carbonyl (C=O) groups is 1. The molecule has 134 valence electrons. The number of rotatable bonds is 7. The lowest BCUT2D eigenvalue weighted by Gasteiger charge is -2.18. The van der Waals surface area contributed by atoms with Crippen LogP contribution in [0.3, 0.4) is 0 Å². The number of sulfonamides is 1.